The van der Waals surface area contributed by atoms with E-state index in [1.807, 2.05) is 43.5 Å². The molecule has 2 heterocycles. The van der Waals surface area contributed by atoms with Crippen molar-refractivity contribution in [3.8, 4) is 0 Å². The predicted molar refractivity (Wildman–Crippen MR) is 74.1 cm³/mol. The van der Waals surface area contributed by atoms with E-state index in [-0.39, 0.29) is 0 Å². The minimum Gasteiger partial charge on any atom is -0.458 e. The Morgan fingerprint density at radius 2 is 2.00 bits per heavy atom. The first kappa shape index (κ1) is 11.5. The van der Waals surface area contributed by atoms with E-state index >= 15 is 0 Å². The summed E-state index contributed by atoms with van der Waals surface area (Å²) in [5.74, 6) is 0.605. The van der Waals surface area contributed by atoms with Gasteiger partial charge < -0.3 is 9.52 Å². The zero-order valence-corrected chi connectivity index (χ0v) is 11.1. The Hall–Kier alpha value is -1.58. The summed E-state index contributed by atoms with van der Waals surface area (Å²) in [6, 6.07) is 9.93. The van der Waals surface area contributed by atoms with Crippen LogP contribution in [0.1, 0.15) is 27.9 Å². The Morgan fingerprint density at radius 1 is 1.17 bits per heavy atom. The number of aliphatic hydroxyl groups excluding tert-OH is 1. The van der Waals surface area contributed by atoms with E-state index in [1.165, 1.54) is 10.4 Å². The first-order valence-electron chi connectivity index (χ1n) is 5.87. The molecule has 2 aromatic heterocycles. The lowest BCUT2D eigenvalue weighted by atomic mass is 10.1. The quantitative estimate of drug-likeness (QED) is 0.747. The Bertz CT molecular complexity index is 693. The molecule has 1 atom stereocenters. The monoisotopic (exact) mass is 258 g/mol. The standard InChI is InChI=1S/C15H14O2S/c1-9-3-4-13-11(5-9)7-14(17-13)15(16)12-6-10(2)18-8-12/h3-8,15-16H,1-2H3. The van der Waals surface area contributed by atoms with E-state index in [9.17, 15) is 5.11 Å². The molecule has 3 rings (SSSR count). The number of benzene rings is 1. The van der Waals surface area contributed by atoms with Crippen LogP contribution in [-0.2, 0) is 0 Å². The fourth-order valence-corrected chi connectivity index (χ4v) is 2.81. The molecule has 1 aromatic carbocycles. The van der Waals surface area contributed by atoms with Gasteiger partial charge in [-0.05, 0) is 49.1 Å². The molecule has 0 aliphatic carbocycles. The Morgan fingerprint density at radius 3 is 2.72 bits per heavy atom. The summed E-state index contributed by atoms with van der Waals surface area (Å²) in [4.78, 5) is 1.19. The Balaban J connectivity index is 2.03. The summed E-state index contributed by atoms with van der Waals surface area (Å²) in [5.41, 5.74) is 2.91. The highest BCUT2D eigenvalue weighted by molar-refractivity contribution is 7.10. The number of fused-ring (bicyclic) bond motifs is 1. The first-order valence-corrected chi connectivity index (χ1v) is 6.74. The molecule has 1 unspecified atom stereocenters. The van der Waals surface area contributed by atoms with Crippen LogP contribution in [0.2, 0.25) is 0 Å². The van der Waals surface area contributed by atoms with Crippen molar-refractivity contribution in [2.24, 2.45) is 0 Å². The summed E-state index contributed by atoms with van der Waals surface area (Å²) in [7, 11) is 0. The van der Waals surface area contributed by atoms with E-state index in [0.29, 0.717) is 5.76 Å². The number of aryl methyl sites for hydroxylation is 2. The summed E-state index contributed by atoms with van der Waals surface area (Å²) in [6.07, 6.45) is -0.678. The van der Waals surface area contributed by atoms with Crippen molar-refractivity contribution in [1.82, 2.24) is 0 Å². The second-order valence-corrected chi connectivity index (χ2v) is 5.70. The van der Waals surface area contributed by atoms with Gasteiger partial charge in [-0.1, -0.05) is 11.6 Å². The number of hydrogen-bond acceptors (Lipinski definition) is 3. The van der Waals surface area contributed by atoms with Gasteiger partial charge in [0.05, 0.1) is 0 Å². The van der Waals surface area contributed by atoms with E-state index in [4.69, 9.17) is 4.42 Å². The van der Waals surface area contributed by atoms with Gasteiger partial charge in [-0.2, -0.15) is 0 Å². The van der Waals surface area contributed by atoms with Crippen molar-refractivity contribution in [1.29, 1.82) is 0 Å². The van der Waals surface area contributed by atoms with Crippen molar-refractivity contribution in [3.05, 3.63) is 57.5 Å². The van der Waals surface area contributed by atoms with Gasteiger partial charge in [0.2, 0.25) is 0 Å². The van der Waals surface area contributed by atoms with Gasteiger partial charge in [0.15, 0.2) is 0 Å². The van der Waals surface area contributed by atoms with Gasteiger partial charge in [-0.3, -0.25) is 0 Å². The molecule has 3 heteroatoms. The molecule has 0 radical (unpaired) electrons. The summed E-state index contributed by atoms with van der Waals surface area (Å²) in [5, 5.41) is 13.3. The Kier molecular flexibility index (Phi) is 2.73. The van der Waals surface area contributed by atoms with Crippen LogP contribution in [-0.4, -0.2) is 5.11 Å². The van der Waals surface area contributed by atoms with Gasteiger partial charge in [0, 0.05) is 10.3 Å². The average molecular weight is 258 g/mol. The lowest BCUT2D eigenvalue weighted by Gasteiger charge is -2.03. The van der Waals surface area contributed by atoms with Gasteiger partial charge in [0.25, 0.3) is 0 Å². The number of furan rings is 1. The van der Waals surface area contributed by atoms with Gasteiger partial charge in [-0.15, -0.1) is 11.3 Å². The molecular formula is C15H14O2S. The van der Waals surface area contributed by atoms with Crippen LogP contribution in [0.15, 0.2) is 40.1 Å². The molecule has 0 spiro atoms. The van der Waals surface area contributed by atoms with Crippen molar-refractivity contribution in [3.63, 3.8) is 0 Å². The molecule has 3 aromatic rings. The third-order valence-corrected chi connectivity index (χ3v) is 3.91. The lowest BCUT2D eigenvalue weighted by Crippen LogP contribution is -1.95. The van der Waals surface area contributed by atoms with E-state index in [1.54, 1.807) is 11.3 Å². The van der Waals surface area contributed by atoms with Crippen LogP contribution in [0.3, 0.4) is 0 Å². The zero-order valence-electron chi connectivity index (χ0n) is 10.3. The number of thiophene rings is 1. The minimum absolute atomic E-state index is 0.605. The molecule has 0 bridgehead atoms. The second-order valence-electron chi connectivity index (χ2n) is 4.58. The molecule has 18 heavy (non-hydrogen) atoms. The third kappa shape index (κ3) is 1.96. The maximum Gasteiger partial charge on any atom is 0.138 e. The smallest absolute Gasteiger partial charge is 0.138 e. The number of rotatable bonds is 2. The lowest BCUT2D eigenvalue weighted by molar-refractivity contribution is 0.192. The molecule has 0 fully saturated rings. The maximum absolute atomic E-state index is 10.3. The normalized spacial score (nSPS) is 13.1. The summed E-state index contributed by atoms with van der Waals surface area (Å²) < 4.78 is 5.70. The van der Waals surface area contributed by atoms with Gasteiger partial charge in [-0.25, -0.2) is 0 Å². The van der Waals surface area contributed by atoms with Crippen LogP contribution >= 0.6 is 11.3 Å². The van der Waals surface area contributed by atoms with E-state index in [0.717, 1.165) is 16.5 Å². The highest BCUT2D eigenvalue weighted by Gasteiger charge is 2.16. The van der Waals surface area contributed by atoms with Crippen LogP contribution in [0.25, 0.3) is 11.0 Å². The first-order chi connectivity index (χ1) is 8.63. The highest BCUT2D eigenvalue weighted by Crippen LogP contribution is 2.30. The van der Waals surface area contributed by atoms with E-state index in [2.05, 4.69) is 6.07 Å². The SMILES string of the molecule is Cc1ccc2oc(C(O)c3csc(C)c3)cc2c1. The largest absolute Gasteiger partial charge is 0.458 e. The number of aliphatic hydroxyl groups is 1. The van der Waals surface area contributed by atoms with Gasteiger partial charge in [0.1, 0.15) is 17.4 Å². The number of hydrogen-bond donors (Lipinski definition) is 1. The summed E-state index contributed by atoms with van der Waals surface area (Å²) in [6.45, 7) is 4.08. The average Bonchev–Trinajstić information content (AvgIpc) is 2.93. The molecule has 0 amide bonds. The molecule has 92 valence electrons. The van der Waals surface area contributed by atoms with E-state index < -0.39 is 6.10 Å². The Labute approximate surface area is 109 Å². The fraction of sp³-hybridized carbons (Fsp3) is 0.200. The maximum atomic E-state index is 10.3. The molecule has 0 aliphatic rings. The molecular weight excluding hydrogens is 244 g/mol. The summed E-state index contributed by atoms with van der Waals surface area (Å²) >= 11 is 1.64. The van der Waals surface area contributed by atoms with Crippen LogP contribution < -0.4 is 0 Å². The second kappa shape index (κ2) is 4.26. The highest BCUT2D eigenvalue weighted by atomic mass is 32.1. The topological polar surface area (TPSA) is 33.4 Å². The van der Waals surface area contributed by atoms with Crippen LogP contribution in [0.5, 0.6) is 0 Å². The minimum atomic E-state index is -0.678. The van der Waals surface area contributed by atoms with Gasteiger partial charge >= 0.3 is 0 Å². The van der Waals surface area contributed by atoms with Crippen molar-refractivity contribution in [2.75, 3.05) is 0 Å². The molecule has 0 saturated heterocycles. The van der Waals surface area contributed by atoms with Crippen molar-refractivity contribution in [2.45, 2.75) is 20.0 Å². The molecule has 1 N–H and O–H groups in total. The van der Waals surface area contributed by atoms with Crippen molar-refractivity contribution < 1.29 is 9.52 Å². The molecule has 2 nitrogen and oxygen atoms in total. The molecule has 0 aliphatic heterocycles. The fourth-order valence-electron chi connectivity index (χ4n) is 2.09. The van der Waals surface area contributed by atoms with Crippen LogP contribution in [0.4, 0.5) is 0 Å². The predicted octanol–water partition coefficient (Wildman–Crippen LogP) is 4.19. The third-order valence-electron chi connectivity index (χ3n) is 3.03. The zero-order chi connectivity index (χ0) is 12.7. The van der Waals surface area contributed by atoms with Crippen molar-refractivity contribution >= 4 is 22.3 Å². The van der Waals surface area contributed by atoms with Crippen LogP contribution in [0, 0.1) is 13.8 Å². The molecule has 0 saturated carbocycles.